The predicted octanol–water partition coefficient (Wildman–Crippen LogP) is 5.27. The summed E-state index contributed by atoms with van der Waals surface area (Å²) in [5.41, 5.74) is 1.49. The average molecular weight is 275 g/mol. The molecule has 1 atom stereocenters. The molecule has 80 valence electrons. The third kappa shape index (κ3) is 3.74. The molecule has 0 amide bonds. The van der Waals surface area contributed by atoms with Crippen LogP contribution in [0.3, 0.4) is 0 Å². The zero-order chi connectivity index (χ0) is 10.4. The van der Waals surface area contributed by atoms with Crippen LogP contribution in [0.2, 0.25) is 0 Å². The molecule has 0 fully saturated rings. The van der Waals surface area contributed by atoms with E-state index in [1.165, 1.54) is 41.5 Å². The van der Waals surface area contributed by atoms with Gasteiger partial charge in [0.15, 0.2) is 0 Å². The molecule has 1 unspecified atom stereocenters. The number of hydrogen-bond donors (Lipinski definition) is 0. The Morgan fingerprint density at radius 3 is 2.64 bits per heavy atom. The van der Waals surface area contributed by atoms with Gasteiger partial charge < -0.3 is 0 Å². The first-order chi connectivity index (χ1) is 6.77. The second-order valence-electron chi connectivity index (χ2n) is 3.82. The highest BCUT2D eigenvalue weighted by Gasteiger charge is 2.07. The molecule has 1 rings (SSSR count). The highest BCUT2D eigenvalue weighted by Crippen LogP contribution is 2.27. The van der Waals surface area contributed by atoms with Crippen LogP contribution in [0.5, 0.6) is 0 Å². The van der Waals surface area contributed by atoms with Crippen molar-refractivity contribution in [2.24, 2.45) is 5.92 Å². The smallest absolute Gasteiger partial charge is 0.0730 e. The summed E-state index contributed by atoms with van der Waals surface area (Å²) in [6.07, 6.45) is 6.62. The van der Waals surface area contributed by atoms with E-state index in [1.54, 1.807) is 11.3 Å². The van der Waals surface area contributed by atoms with E-state index in [4.69, 9.17) is 0 Å². The highest BCUT2D eigenvalue weighted by molar-refractivity contribution is 9.11. The molecular formula is C12H19BrS. The molecule has 0 aliphatic rings. The molecule has 0 spiro atoms. The maximum absolute atomic E-state index is 3.60. The van der Waals surface area contributed by atoms with E-state index in [0.29, 0.717) is 0 Å². The Bertz CT molecular complexity index is 255. The lowest BCUT2D eigenvalue weighted by Crippen LogP contribution is -2.00. The second-order valence-corrected chi connectivity index (χ2v) is 6.06. The van der Waals surface area contributed by atoms with Crippen LogP contribution in [0.15, 0.2) is 15.2 Å². The Hall–Kier alpha value is 0.180. The number of halogens is 1. The van der Waals surface area contributed by atoms with E-state index in [9.17, 15) is 0 Å². The molecule has 1 aromatic rings. The molecule has 14 heavy (non-hydrogen) atoms. The predicted molar refractivity (Wildman–Crippen MR) is 69.0 cm³/mol. The molecule has 1 aromatic heterocycles. The first kappa shape index (κ1) is 12.3. The third-order valence-corrected chi connectivity index (χ3v) is 4.60. The molecule has 0 nitrogen and oxygen atoms in total. The molecule has 0 bridgehead atoms. The summed E-state index contributed by atoms with van der Waals surface area (Å²) in [6.45, 7) is 4.59. The van der Waals surface area contributed by atoms with Crippen molar-refractivity contribution in [2.75, 3.05) is 0 Å². The molecule has 0 N–H and O–H groups in total. The van der Waals surface area contributed by atoms with Gasteiger partial charge in [0.1, 0.15) is 0 Å². The van der Waals surface area contributed by atoms with Crippen LogP contribution in [0.4, 0.5) is 0 Å². The third-order valence-electron chi connectivity index (χ3n) is 2.79. The van der Waals surface area contributed by atoms with E-state index in [2.05, 4.69) is 41.2 Å². The molecule has 1 heterocycles. The first-order valence-electron chi connectivity index (χ1n) is 5.49. The second kappa shape index (κ2) is 6.62. The SMILES string of the molecule is CCCC(CC)CCc1ccsc1Br. The minimum atomic E-state index is 0.923. The van der Waals surface area contributed by atoms with Crippen molar-refractivity contribution in [1.29, 1.82) is 0 Å². The standard InChI is InChI=1S/C12H19BrS/c1-3-5-10(4-2)6-7-11-8-9-14-12(11)13/h8-10H,3-7H2,1-2H3. The summed E-state index contributed by atoms with van der Waals surface area (Å²) in [6, 6.07) is 2.24. The van der Waals surface area contributed by atoms with Crippen LogP contribution in [0.1, 0.15) is 45.1 Å². The maximum atomic E-state index is 3.60. The van der Waals surface area contributed by atoms with Gasteiger partial charge in [-0.3, -0.25) is 0 Å². The summed E-state index contributed by atoms with van der Waals surface area (Å²) in [5.74, 6) is 0.923. The van der Waals surface area contributed by atoms with Crippen LogP contribution in [-0.2, 0) is 6.42 Å². The van der Waals surface area contributed by atoms with Gasteiger partial charge in [-0.25, -0.2) is 0 Å². The number of thiophene rings is 1. The largest absolute Gasteiger partial charge is 0.137 e. The van der Waals surface area contributed by atoms with Crippen LogP contribution in [-0.4, -0.2) is 0 Å². The summed E-state index contributed by atoms with van der Waals surface area (Å²) in [7, 11) is 0. The molecule has 0 saturated carbocycles. The van der Waals surface area contributed by atoms with Gasteiger partial charge in [-0.1, -0.05) is 33.1 Å². The van der Waals surface area contributed by atoms with Crippen LogP contribution >= 0.6 is 27.3 Å². The Balaban J connectivity index is 2.35. The lowest BCUT2D eigenvalue weighted by molar-refractivity contribution is 0.432. The molecule has 0 aromatic carbocycles. The number of hydrogen-bond acceptors (Lipinski definition) is 1. The van der Waals surface area contributed by atoms with Gasteiger partial charge in [0, 0.05) is 0 Å². The van der Waals surface area contributed by atoms with E-state index >= 15 is 0 Å². The average Bonchev–Trinajstić information content (AvgIpc) is 2.59. The van der Waals surface area contributed by atoms with Gasteiger partial charge >= 0.3 is 0 Å². The van der Waals surface area contributed by atoms with Crippen molar-refractivity contribution < 1.29 is 0 Å². The summed E-state index contributed by atoms with van der Waals surface area (Å²) in [5, 5.41) is 2.17. The molecule has 0 radical (unpaired) electrons. The van der Waals surface area contributed by atoms with Gasteiger partial charge in [0.25, 0.3) is 0 Å². The molecule has 0 aliphatic carbocycles. The van der Waals surface area contributed by atoms with E-state index in [0.717, 1.165) is 5.92 Å². The van der Waals surface area contributed by atoms with Gasteiger partial charge in [-0.2, -0.15) is 0 Å². The van der Waals surface area contributed by atoms with Crippen molar-refractivity contribution in [3.63, 3.8) is 0 Å². The fraction of sp³-hybridized carbons (Fsp3) is 0.667. The van der Waals surface area contributed by atoms with E-state index in [1.807, 2.05) is 0 Å². The zero-order valence-electron chi connectivity index (χ0n) is 9.05. The zero-order valence-corrected chi connectivity index (χ0v) is 11.5. The molecule has 0 saturated heterocycles. The maximum Gasteiger partial charge on any atom is 0.0730 e. The van der Waals surface area contributed by atoms with Crippen LogP contribution < -0.4 is 0 Å². The fourth-order valence-electron chi connectivity index (χ4n) is 1.82. The van der Waals surface area contributed by atoms with Crippen LogP contribution in [0.25, 0.3) is 0 Å². The monoisotopic (exact) mass is 274 g/mol. The summed E-state index contributed by atoms with van der Waals surface area (Å²) >= 11 is 5.39. The highest BCUT2D eigenvalue weighted by atomic mass is 79.9. The molecular weight excluding hydrogens is 256 g/mol. The lowest BCUT2D eigenvalue weighted by atomic mass is 9.94. The Morgan fingerprint density at radius 1 is 1.36 bits per heavy atom. The molecule has 2 heteroatoms. The van der Waals surface area contributed by atoms with E-state index < -0.39 is 0 Å². The van der Waals surface area contributed by atoms with Crippen molar-refractivity contribution in [3.05, 3.63) is 20.8 Å². The van der Waals surface area contributed by atoms with Crippen molar-refractivity contribution in [2.45, 2.75) is 46.0 Å². The minimum absolute atomic E-state index is 0.923. The van der Waals surface area contributed by atoms with Crippen LogP contribution in [0, 0.1) is 5.92 Å². The molecule has 0 aliphatic heterocycles. The minimum Gasteiger partial charge on any atom is -0.137 e. The van der Waals surface area contributed by atoms with E-state index in [-0.39, 0.29) is 0 Å². The van der Waals surface area contributed by atoms with Gasteiger partial charge in [0.2, 0.25) is 0 Å². The van der Waals surface area contributed by atoms with Gasteiger partial charge in [0.05, 0.1) is 3.79 Å². The normalized spacial score (nSPS) is 13.1. The van der Waals surface area contributed by atoms with Gasteiger partial charge in [-0.05, 0) is 51.7 Å². The van der Waals surface area contributed by atoms with Crippen molar-refractivity contribution in [1.82, 2.24) is 0 Å². The van der Waals surface area contributed by atoms with Crippen molar-refractivity contribution in [3.8, 4) is 0 Å². The lowest BCUT2D eigenvalue weighted by Gasteiger charge is -2.12. The summed E-state index contributed by atoms with van der Waals surface area (Å²) in [4.78, 5) is 0. The number of rotatable bonds is 6. The topological polar surface area (TPSA) is 0 Å². The first-order valence-corrected chi connectivity index (χ1v) is 7.17. The fourth-order valence-corrected chi connectivity index (χ4v) is 3.15. The Labute approximate surface area is 99.9 Å². The van der Waals surface area contributed by atoms with Crippen molar-refractivity contribution >= 4 is 27.3 Å². The Morgan fingerprint density at radius 2 is 2.14 bits per heavy atom. The summed E-state index contributed by atoms with van der Waals surface area (Å²) < 4.78 is 1.32. The Kier molecular flexibility index (Phi) is 5.80. The number of aryl methyl sites for hydroxylation is 1. The van der Waals surface area contributed by atoms with Gasteiger partial charge in [-0.15, -0.1) is 11.3 Å². The quantitative estimate of drug-likeness (QED) is 0.663.